The molecule has 1 rings (SSSR count). The van der Waals surface area contributed by atoms with Gasteiger partial charge in [-0.15, -0.1) is 0 Å². The number of carbonyl (C=O) groups is 1. The molecule has 0 aromatic rings. The van der Waals surface area contributed by atoms with Crippen LogP contribution in [0.5, 0.6) is 0 Å². The van der Waals surface area contributed by atoms with Crippen molar-refractivity contribution in [2.24, 2.45) is 0 Å². The molecule has 1 fully saturated rings. The van der Waals surface area contributed by atoms with E-state index in [1.807, 2.05) is 0 Å². The van der Waals surface area contributed by atoms with Gasteiger partial charge in [0.25, 0.3) is 0 Å². The number of rotatable bonds is 7. The summed E-state index contributed by atoms with van der Waals surface area (Å²) in [6, 6.07) is 0. The van der Waals surface area contributed by atoms with E-state index in [4.69, 9.17) is 4.74 Å². The lowest BCUT2D eigenvalue weighted by Crippen LogP contribution is -2.43. The van der Waals surface area contributed by atoms with Crippen molar-refractivity contribution >= 4 is 5.91 Å². The molecule has 19 heavy (non-hydrogen) atoms. The van der Waals surface area contributed by atoms with Crippen LogP contribution in [0.2, 0.25) is 0 Å². The molecule has 4 nitrogen and oxygen atoms in total. The molecule has 1 aliphatic rings. The maximum Gasteiger partial charge on any atom is 0.233 e. The first-order valence-electron chi connectivity index (χ1n) is 7.61. The van der Waals surface area contributed by atoms with Crippen LogP contribution in [-0.2, 0) is 9.53 Å². The molecule has 0 radical (unpaired) electrons. The molecule has 0 unspecified atom stereocenters. The molecule has 1 aliphatic carbocycles. The molecular formula is C15H30N2O2. The minimum absolute atomic E-state index is 0.0125. The Morgan fingerprint density at radius 2 is 1.89 bits per heavy atom. The Kier molecular flexibility index (Phi) is 7.39. The average molecular weight is 270 g/mol. The van der Waals surface area contributed by atoms with E-state index in [-0.39, 0.29) is 11.4 Å². The number of amides is 1. The zero-order valence-corrected chi connectivity index (χ0v) is 12.8. The minimum Gasteiger partial charge on any atom is -0.378 e. The highest BCUT2D eigenvalue weighted by molar-refractivity contribution is 5.78. The van der Waals surface area contributed by atoms with Gasteiger partial charge in [0.15, 0.2) is 0 Å². The second-order valence-corrected chi connectivity index (χ2v) is 6.44. The Bertz CT molecular complexity index is 255. The molecule has 0 heterocycles. The van der Waals surface area contributed by atoms with E-state index in [0.29, 0.717) is 19.2 Å². The number of nitrogens with one attached hydrogen (secondary N) is 2. The lowest BCUT2D eigenvalue weighted by atomic mass is 9.98. The van der Waals surface area contributed by atoms with Crippen molar-refractivity contribution in [3.8, 4) is 0 Å². The Morgan fingerprint density at radius 1 is 1.21 bits per heavy atom. The van der Waals surface area contributed by atoms with Gasteiger partial charge >= 0.3 is 0 Å². The maximum atomic E-state index is 11.5. The summed E-state index contributed by atoms with van der Waals surface area (Å²) in [6.45, 7) is 8.01. The van der Waals surface area contributed by atoms with E-state index in [9.17, 15) is 4.79 Å². The van der Waals surface area contributed by atoms with Crippen LogP contribution in [0.25, 0.3) is 0 Å². The van der Waals surface area contributed by atoms with Crippen LogP contribution >= 0.6 is 0 Å². The molecule has 0 aliphatic heterocycles. The summed E-state index contributed by atoms with van der Waals surface area (Å²) in [5, 5.41) is 6.08. The van der Waals surface area contributed by atoms with Crippen LogP contribution in [0.4, 0.5) is 0 Å². The maximum absolute atomic E-state index is 11.5. The van der Waals surface area contributed by atoms with Crippen LogP contribution in [0, 0.1) is 0 Å². The normalized spacial score (nSPS) is 17.4. The Hall–Kier alpha value is -0.610. The third-order valence-corrected chi connectivity index (χ3v) is 3.33. The zero-order chi connectivity index (χ0) is 14.1. The fraction of sp³-hybridized carbons (Fsp3) is 0.933. The molecule has 2 N–H and O–H groups in total. The predicted octanol–water partition coefficient (Wildman–Crippen LogP) is 2.23. The fourth-order valence-corrected chi connectivity index (χ4v) is 2.19. The van der Waals surface area contributed by atoms with Gasteiger partial charge in [-0.1, -0.05) is 19.3 Å². The van der Waals surface area contributed by atoms with Gasteiger partial charge in [0, 0.05) is 18.7 Å². The highest BCUT2D eigenvalue weighted by Gasteiger charge is 2.13. The smallest absolute Gasteiger partial charge is 0.233 e. The Morgan fingerprint density at radius 3 is 2.53 bits per heavy atom. The van der Waals surface area contributed by atoms with Gasteiger partial charge in [0.05, 0.1) is 12.6 Å². The van der Waals surface area contributed by atoms with Gasteiger partial charge < -0.3 is 15.4 Å². The molecule has 0 atom stereocenters. The first-order valence-corrected chi connectivity index (χ1v) is 7.61. The van der Waals surface area contributed by atoms with E-state index < -0.39 is 0 Å². The van der Waals surface area contributed by atoms with Crippen LogP contribution in [-0.4, -0.2) is 37.2 Å². The number of hydrogen-bond donors (Lipinski definition) is 2. The summed E-state index contributed by atoms with van der Waals surface area (Å²) in [5.74, 6) is 0.0626. The summed E-state index contributed by atoms with van der Waals surface area (Å²) in [4.78, 5) is 11.5. The molecule has 0 spiro atoms. The fourth-order valence-electron chi connectivity index (χ4n) is 2.19. The molecular weight excluding hydrogens is 240 g/mol. The third-order valence-electron chi connectivity index (χ3n) is 3.33. The summed E-state index contributed by atoms with van der Waals surface area (Å²) in [7, 11) is 0. The third kappa shape index (κ3) is 9.00. The highest BCUT2D eigenvalue weighted by atomic mass is 16.5. The largest absolute Gasteiger partial charge is 0.378 e. The zero-order valence-electron chi connectivity index (χ0n) is 12.8. The molecule has 112 valence electrons. The van der Waals surface area contributed by atoms with Crippen molar-refractivity contribution in [1.82, 2.24) is 10.6 Å². The van der Waals surface area contributed by atoms with E-state index >= 15 is 0 Å². The molecule has 0 aromatic heterocycles. The Balaban J connectivity index is 1.93. The number of hydrogen-bond acceptors (Lipinski definition) is 3. The van der Waals surface area contributed by atoms with Crippen molar-refractivity contribution in [3.05, 3.63) is 0 Å². The number of carbonyl (C=O) groups excluding carboxylic acids is 1. The van der Waals surface area contributed by atoms with Crippen LogP contribution < -0.4 is 10.6 Å². The standard InChI is InChI=1S/C15H30N2O2/c1-15(2,3)17-12-14(18)16-10-7-11-19-13-8-5-4-6-9-13/h13,17H,4-12H2,1-3H3,(H,16,18). The summed E-state index contributed by atoms with van der Waals surface area (Å²) in [5.41, 5.74) is -0.0125. The lowest BCUT2D eigenvalue weighted by molar-refractivity contribution is -0.120. The number of ether oxygens (including phenoxy) is 1. The van der Waals surface area contributed by atoms with Crippen molar-refractivity contribution in [2.75, 3.05) is 19.7 Å². The molecule has 1 saturated carbocycles. The van der Waals surface area contributed by atoms with Gasteiger partial charge in [0.2, 0.25) is 5.91 Å². The second kappa shape index (κ2) is 8.54. The van der Waals surface area contributed by atoms with E-state index in [0.717, 1.165) is 13.0 Å². The van der Waals surface area contributed by atoms with Crippen LogP contribution in [0.1, 0.15) is 59.3 Å². The SMILES string of the molecule is CC(C)(C)NCC(=O)NCCCOC1CCCCC1. The lowest BCUT2D eigenvalue weighted by Gasteiger charge is -2.22. The highest BCUT2D eigenvalue weighted by Crippen LogP contribution is 2.20. The van der Waals surface area contributed by atoms with Gasteiger partial charge in [-0.3, -0.25) is 4.79 Å². The average Bonchev–Trinajstić information content (AvgIpc) is 2.36. The van der Waals surface area contributed by atoms with Gasteiger partial charge in [0.1, 0.15) is 0 Å². The van der Waals surface area contributed by atoms with Crippen LogP contribution in [0.15, 0.2) is 0 Å². The quantitative estimate of drug-likeness (QED) is 0.698. The van der Waals surface area contributed by atoms with E-state index in [1.165, 1.54) is 32.1 Å². The Labute approximate surface area is 117 Å². The first kappa shape index (κ1) is 16.4. The van der Waals surface area contributed by atoms with Crippen molar-refractivity contribution in [2.45, 2.75) is 70.9 Å². The molecule has 4 heteroatoms. The van der Waals surface area contributed by atoms with Crippen molar-refractivity contribution < 1.29 is 9.53 Å². The molecule has 0 aromatic carbocycles. The van der Waals surface area contributed by atoms with Gasteiger partial charge in [-0.25, -0.2) is 0 Å². The predicted molar refractivity (Wildman–Crippen MR) is 78.2 cm³/mol. The van der Waals surface area contributed by atoms with Gasteiger partial charge in [-0.05, 0) is 40.0 Å². The summed E-state index contributed by atoms with van der Waals surface area (Å²) in [6.07, 6.45) is 7.75. The molecule has 1 amide bonds. The summed E-state index contributed by atoms with van der Waals surface area (Å²) >= 11 is 0. The van der Waals surface area contributed by atoms with Crippen LogP contribution in [0.3, 0.4) is 0 Å². The molecule has 0 saturated heterocycles. The molecule has 0 bridgehead atoms. The van der Waals surface area contributed by atoms with E-state index in [2.05, 4.69) is 31.4 Å². The summed E-state index contributed by atoms with van der Waals surface area (Å²) < 4.78 is 5.81. The van der Waals surface area contributed by atoms with Crippen molar-refractivity contribution in [3.63, 3.8) is 0 Å². The van der Waals surface area contributed by atoms with Gasteiger partial charge in [-0.2, -0.15) is 0 Å². The van der Waals surface area contributed by atoms with E-state index in [1.54, 1.807) is 0 Å². The minimum atomic E-state index is -0.0125. The monoisotopic (exact) mass is 270 g/mol. The second-order valence-electron chi connectivity index (χ2n) is 6.44. The first-order chi connectivity index (χ1) is 8.97. The van der Waals surface area contributed by atoms with Crippen molar-refractivity contribution in [1.29, 1.82) is 0 Å². The topological polar surface area (TPSA) is 50.4 Å².